The fraction of sp³-hybridized carbons (Fsp3) is 0.667. The van der Waals surface area contributed by atoms with Crippen molar-refractivity contribution in [2.45, 2.75) is 31.5 Å². The van der Waals surface area contributed by atoms with Crippen molar-refractivity contribution in [3.8, 4) is 0 Å². The third kappa shape index (κ3) is 4.19. The minimum Gasteiger partial charge on any atom is -0.368 e. The summed E-state index contributed by atoms with van der Waals surface area (Å²) in [5, 5.41) is 10.4. The molecule has 1 heterocycles. The van der Waals surface area contributed by atoms with Crippen LogP contribution < -0.4 is 11.1 Å². The molecule has 4 N–H and O–H groups in total. The highest BCUT2D eigenvalue weighted by Crippen LogP contribution is 2.13. The number of aromatic nitrogens is 3. The molecule has 6 nitrogen and oxygen atoms in total. The van der Waals surface area contributed by atoms with Gasteiger partial charge in [-0.15, -0.1) is 5.10 Å². The number of nitrogens with one attached hydrogen (secondary N) is 2. The summed E-state index contributed by atoms with van der Waals surface area (Å²) in [6, 6.07) is -0.330. The summed E-state index contributed by atoms with van der Waals surface area (Å²) >= 11 is 1.41. The Hall–Kier alpha value is -1.08. The number of amides is 1. The van der Waals surface area contributed by atoms with Crippen LogP contribution in [0.5, 0.6) is 0 Å². The zero-order chi connectivity index (χ0) is 12.0. The molecule has 0 fully saturated rings. The second-order valence-electron chi connectivity index (χ2n) is 3.42. The Morgan fingerprint density at radius 1 is 1.69 bits per heavy atom. The molecule has 0 spiro atoms. The number of carbonyl (C=O) groups excluding carboxylic acids is 1. The molecule has 0 radical (unpaired) electrons. The number of aromatic amines is 1. The molecule has 1 amide bonds. The second kappa shape index (κ2) is 6.49. The van der Waals surface area contributed by atoms with Crippen LogP contribution in [0.15, 0.2) is 5.16 Å². The molecule has 0 aliphatic carbocycles. The van der Waals surface area contributed by atoms with Crippen LogP contribution in [0.1, 0.15) is 19.2 Å². The van der Waals surface area contributed by atoms with Crippen molar-refractivity contribution in [1.29, 1.82) is 0 Å². The van der Waals surface area contributed by atoms with Crippen LogP contribution >= 0.6 is 11.8 Å². The Kier molecular flexibility index (Phi) is 5.27. The molecule has 1 rings (SSSR count). The van der Waals surface area contributed by atoms with Gasteiger partial charge in [0.05, 0.1) is 6.04 Å². The van der Waals surface area contributed by atoms with E-state index >= 15 is 0 Å². The maximum absolute atomic E-state index is 11.1. The van der Waals surface area contributed by atoms with Crippen molar-refractivity contribution in [3.63, 3.8) is 0 Å². The third-order valence-corrected chi connectivity index (χ3v) is 2.88. The van der Waals surface area contributed by atoms with Crippen LogP contribution in [0, 0.1) is 6.92 Å². The summed E-state index contributed by atoms with van der Waals surface area (Å²) in [6.07, 6.45) is 0.966. The van der Waals surface area contributed by atoms with Crippen molar-refractivity contribution < 1.29 is 4.79 Å². The van der Waals surface area contributed by atoms with E-state index in [4.69, 9.17) is 5.73 Å². The number of nitrogens with two attached hydrogens (primary N) is 1. The van der Waals surface area contributed by atoms with E-state index in [1.165, 1.54) is 11.8 Å². The van der Waals surface area contributed by atoms with Crippen molar-refractivity contribution >= 4 is 17.7 Å². The summed E-state index contributed by atoms with van der Waals surface area (Å²) in [6.45, 7) is 4.65. The SMILES string of the molecule is CCCNC(CSc1n[nH]c(C)n1)C(N)=O. The van der Waals surface area contributed by atoms with E-state index in [0.29, 0.717) is 10.9 Å². The summed E-state index contributed by atoms with van der Waals surface area (Å²) in [7, 11) is 0. The largest absolute Gasteiger partial charge is 0.368 e. The smallest absolute Gasteiger partial charge is 0.235 e. The van der Waals surface area contributed by atoms with Gasteiger partial charge in [0.2, 0.25) is 11.1 Å². The van der Waals surface area contributed by atoms with Crippen molar-refractivity contribution in [1.82, 2.24) is 20.5 Å². The lowest BCUT2D eigenvalue weighted by Crippen LogP contribution is -2.43. The molecule has 16 heavy (non-hydrogen) atoms. The fourth-order valence-corrected chi connectivity index (χ4v) is 2.01. The first-order chi connectivity index (χ1) is 7.63. The number of hydrogen-bond donors (Lipinski definition) is 3. The molecule has 0 saturated heterocycles. The van der Waals surface area contributed by atoms with E-state index in [1.807, 2.05) is 13.8 Å². The van der Waals surface area contributed by atoms with Crippen LogP contribution in [0.25, 0.3) is 0 Å². The lowest BCUT2D eigenvalue weighted by molar-refractivity contribution is -0.119. The maximum atomic E-state index is 11.1. The van der Waals surface area contributed by atoms with Gasteiger partial charge >= 0.3 is 0 Å². The molecule has 90 valence electrons. The molecule has 0 saturated carbocycles. The Bertz CT molecular complexity index is 340. The quantitative estimate of drug-likeness (QED) is 0.588. The molecule has 1 unspecified atom stereocenters. The van der Waals surface area contributed by atoms with E-state index in [-0.39, 0.29) is 11.9 Å². The van der Waals surface area contributed by atoms with Gasteiger partial charge in [-0.3, -0.25) is 9.89 Å². The van der Waals surface area contributed by atoms with E-state index in [0.717, 1.165) is 18.8 Å². The van der Waals surface area contributed by atoms with Crippen molar-refractivity contribution in [2.24, 2.45) is 5.73 Å². The highest BCUT2D eigenvalue weighted by Gasteiger charge is 2.15. The van der Waals surface area contributed by atoms with Gasteiger partial charge in [-0.05, 0) is 19.9 Å². The van der Waals surface area contributed by atoms with E-state index in [1.54, 1.807) is 0 Å². The van der Waals surface area contributed by atoms with Gasteiger partial charge in [0.15, 0.2) is 0 Å². The number of carbonyl (C=O) groups is 1. The molecule has 1 aromatic rings. The predicted molar refractivity (Wildman–Crippen MR) is 63.1 cm³/mol. The van der Waals surface area contributed by atoms with Gasteiger partial charge in [0.25, 0.3) is 0 Å². The monoisotopic (exact) mass is 243 g/mol. The van der Waals surface area contributed by atoms with Gasteiger partial charge in [0.1, 0.15) is 5.82 Å². The third-order valence-electron chi connectivity index (χ3n) is 1.94. The van der Waals surface area contributed by atoms with E-state index < -0.39 is 0 Å². The first kappa shape index (κ1) is 13.0. The molecule has 0 aliphatic rings. The molecule has 1 aromatic heterocycles. The fourth-order valence-electron chi connectivity index (χ4n) is 1.10. The molecule has 1 atom stereocenters. The number of primary amides is 1. The molecule has 0 bridgehead atoms. The van der Waals surface area contributed by atoms with Crippen LogP contribution in [0.2, 0.25) is 0 Å². The van der Waals surface area contributed by atoms with E-state index in [2.05, 4.69) is 20.5 Å². The van der Waals surface area contributed by atoms with Gasteiger partial charge in [-0.1, -0.05) is 18.7 Å². The van der Waals surface area contributed by atoms with Crippen LogP contribution in [0.4, 0.5) is 0 Å². The zero-order valence-corrected chi connectivity index (χ0v) is 10.3. The Labute approximate surface area is 98.8 Å². The minimum atomic E-state index is -0.340. The molecule has 7 heteroatoms. The zero-order valence-electron chi connectivity index (χ0n) is 9.49. The first-order valence-electron chi connectivity index (χ1n) is 5.18. The number of hydrogen-bond acceptors (Lipinski definition) is 5. The van der Waals surface area contributed by atoms with Crippen LogP contribution in [-0.2, 0) is 4.79 Å². The highest BCUT2D eigenvalue weighted by atomic mass is 32.2. The van der Waals surface area contributed by atoms with Gasteiger partial charge < -0.3 is 11.1 Å². The van der Waals surface area contributed by atoms with Gasteiger partial charge in [-0.2, -0.15) is 0 Å². The van der Waals surface area contributed by atoms with Crippen molar-refractivity contribution in [2.75, 3.05) is 12.3 Å². The maximum Gasteiger partial charge on any atom is 0.235 e. The summed E-state index contributed by atoms with van der Waals surface area (Å²) in [5.41, 5.74) is 5.28. The molecular formula is C9H17N5OS. The van der Waals surface area contributed by atoms with E-state index in [9.17, 15) is 4.79 Å². The normalized spacial score (nSPS) is 12.6. The topological polar surface area (TPSA) is 96.7 Å². The van der Waals surface area contributed by atoms with Crippen LogP contribution in [-0.4, -0.2) is 39.4 Å². The van der Waals surface area contributed by atoms with Crippen molar-refractivity contribution in [3.05, 3.63) is 5.82 Å². The second-order valence-corrected chi connectivity index (χ2v) is 4.41. The minimum absolute atomic E-state index is 0.330. The number of aryl methyl sites for hydroxylation is 1. The predicted octanol–water partition coefficient (Wildman–Crippen LogP) is 0.0587. The van der Waals surface area contributed by atoms with Crippen LogP contribution in [0.3, 0.4) is 0 Å². The number of H-pyrrole nitrogens is 1. The van der Waals surface area contributed by atoms with Gasteiger partial charge in [0, 0.05) is 5.75 Å². The number of nitrogens with zero attached hydrogens (tertiary/aromatic N) is 2. The highest BCUT2D eigenvalue weighted by molar-refractivity contribution is 7.99. The first-order valence-corrected chi connectivity index (χ1v) is 6.16. The Morgan fingerprint density at radius 3 is 2.94 bits per heavy atom. The number of thioether (sulfide) groups is 1. The Morgan fingerprint density at radius 2 is 2.44 bits per heavy atom. The number of rotatable bonds is 7. The molecule has 0 aliphatic heterocycles. The average Bonchev–Trinajstić information content (AvgIpc) is 2.64. The Balaban J connectivity index is 2.40. The summed E-state index contributed by atoms with van der Waals surface area (Å²) in [4.78, 5) is 15.3. The summed E-state index contributed by atoms with van der Waals surface area (Å²) < 4.78 is 0. The molecular weight excluding hydrogens is 226 g/mol. The summed E-state index contributed by atoms with van der Waals surface area (Å²) in [5.74, 6) is 0.972. The lowest BCUT2D eigenvalue weighted by Gasteiger charge is -2.12. The lowest BCUT2D eigenvalue weighted by atomic mass is 10.3. The molecule has 0 aromatic carbocycles. The average molecular weight is 243 g/mol. The standard InChI is InChI=1S/C9H17N5OS/c1-3-4-11-7(8(10)15)5-16-9-12-6(2)13-14-9/h7,11H,3-5H2,1-2H3,(H2,10,15)(H,12,13,14). The van der Waals surface area contributed by atoms with Gasteiger partial charge in [-0.25, -0.2) is 4.98 Å².